The molecule has 0 aromatic heterocycles. The number of hydrogen-bond donors (Lipinski definition) is 3. The van der Waals surface area contributed by atoms with Gasteiger partial charge in [-0.3, -0.25) is 4.79 Å². The molecule has 0 radical (unpaired) electrons. The molecule has 0 heterocycles. The van der Waals surface area contributed by atoms with Crippen LogP contribution >= 0.6 is 0 Å². The fraction of sp³-hybridized carbons (Fsp3) is 0.500. The number of carbonyl (C=O) groups is 2. The minimum Gasteiger partial charge on any atom is -0.502 e. The minimum absolute atomic E-state index is 0.0468. The van der Waals surface area contributed by atoms with Crippen LogP contribution in [0.4, 0.5) is 0 Å². The van der Waals surface area contributed by atoms with Gasteiger partial charge in [-0.15, -0.1) is 0 Å². The number of hydrogen-bond acceptors (Lipinski definition) is 5. The van der Waals surface area contributed by atoms with Gasteiger partial charge in [-0.2, -0.15) is 0 Å². The summed E-state index contributed by atoms with van der Waals surface area (Å²) in [6, 6.07) is 2.09. The maximum Gasteiger partial charge on any atom is 0.326 e. The number of nitrogens with one attached hydrogen (secondary N) is 1. The third-order valence-electron chi connectivity index (χ3n) is 3.24. The highest BCUT2D eigenvalue weighted by Gasteiger charge is 2.21. The average molecular weight is 325 g/mol. The van der Waals surface area contributed by atoms with E-state index < -0.39 is 17.9 Å². The number of carboxylic acids is 1. The third kappa shape index (κ3) is 5.36. The molecule has 0 aliphatic rings. The van der Waals surface area contributed by atoms with Gasteiger partial charge in [0.1, 0.15) is 6.04 Å². The summed E-state index contributed by atoms with van der Waals surface area (Å²) >= 11 is 0. The third-order valence-corrected chi connectivity index (χ3v) is 3.24. The van der Waals surface area contributed by atoms with Gasteiger partial charge in [0.15, 0.2) is 11.5 Å². The Hall–Kier alpha value is -2.44. The SMILES string of the molecule is COc1cc(CC(=O)N[C@@H](CC(C)C)C(=O)O)cc(OC)c1O. The molecule has 1 atom stereocenters. The Labute approximate surface area is 135 Å². The summed E-state index contributed by atoms with van der Waals surface area (Å²) < 4.78 is 10.1. The predicted octanol–water partition coefficient (Wildman–Crippen LogP) is 1.57. The summed E-state index contributed by atoms with van der Waals surface area (Å²) in [7, 11) is 2.78. The molecule has 1 amide bonds. The fourth-order valence-electron chi connectivity index (χ4n) is 2.17. The average Bonchev–Trinajstić information content (AvgIpc) is 2.47. The van der Waals surface area contributed by atoms with Crippen LogP contribution in [-0.4, -0.2) is 42.4 Å². The molecule has 0 fully saturated rings. The van der Waals surface area contributed by atoms with E-state index in [1.54, 1.807) is 0 Å². The topological polar surface area (TPSA) is 105 Å². The maximum atomic E-state index is 12.1. The van der Waals surface area contributed by atoms with Crippen molar-refractivity contribution in [1.82, 2.24) is 5.32 Å². The molecule has 1 aromatic carbocycles. The molecule has 0 saturated heterocycles. The largest absolute Gasteiger partial charge is 0.502 e. The number of carbonyl (C=O) groups excluding carboxylic acids is 1. The monoisotopic (exact) mass is 325 g/mol. The standard InChI is InChI=1S/C16H23NO6/c1-9(2)5-11(16(20)21)17-14(18)8-10-6-12(22-3)15(19)13(7-10)23-4/h6-7,9,11,19H,5,8H2,1-4H3,(H,17,18)(H,20,21)/t11-/m0/s1. The van der Waals surface area contributed by atoms with Gasteiger partial charge in [0.2, 0.25) is 11.7 Å². The molecule has 0 unspecified atom stereocenters. The number of carboxylic acid groups (broad SMARTS) is 1. The van der Waals surface area contributed by atoms with Crippen molar-refractivity contribution in [2.24, 2.45) is 5.92 Å². The summed E-state index contributed by atoms with van der Waals surface area (Å²) in [6.07, 6.45) is 0.304. The van der Waals surface area contributed by atoms with Gasteiger partial charge in [-0.05, 0) is 30.0 Å². The highest BCUT2D eigenvalue weighted by Crippen LogP contribution is 2.37. The maximum absolute atomic E-state index is 12.1. The first-order chi connectivity index (χ1) is 10.8. The Bertz CT molecular complexity index is 545. The highest BCUT2D eigenvalue weighted by molar-refractivity contribution is 5.85. The van der Waals surface area contributed by atoms with E-state index in [1.165, 1.54) is 26.4 Å². The van der Waals surface area contributed by atoms with Crippen LogP contribution in [0, 0.1) is 5.92 Å². The zero-order chi connectivity index (χ0) is 17.6. The van der Waals surface area contributed by atoms with E-state index in [1.807, 2.05) is 13.8 Å². The molecule has 0 bridgehead atoms. The Kier molecular flexibility index (Phi) is 6.68. The molecule has 0 saturated carbocycles. The van der Waals surface area contributed by atoms with Gasteiger partial charge >= 0.3 is 5.97 Å². The van der Waals surface area contributed by atoms with Crippen LogP contribution < -0.4 is 14.8 Å². The van der Waals surface area contributed by atoms with Crippen LogP contribution in [0.1, 0.15) is 25.8 Å². The van der Waals surface area contributed by atoms with Crippen molar-refractivity contribution in [2.45, 2.75) is 32.7 Å². The lowest BCUT2D eigenvalue weighted by Gasteiger charge is -2.17. The number of rotatable bonds is 8. The summed E-state index contributed by atoms with van der Waals surface area (Å²) in [4.78, 5) is 23.3. The van der Waals surface area contributed by atoms with E-state index in [-0.39, 0.29) is 29.6 Å². The van der Waals surface area contributed by atoms with E-state index in [0.29, 0.717) is 12.0 Å². The molecular formula is C16H23NO6. The fourth-order valence-corrected chi connectivity index (χ4v) is 2.17. The van der Waals surface area contributed by atoms with Crippen molar-refractivity contribution in [1.29, 1.82) is 0 Å². The van der Waals surface area contributed by atoms with Crippen LogP contribution in [0.3, 0.4) is 0 Å². The van der Waals surface area contributed by atoms with E-state index >= 15 is 0 Å². The van der Waals surface area contributed by atoms with Crippen molar-refractivity contribution in [3.8, 4) is 17.2 Å². The molecule has 0 aliphatic heterocycles. The normalized spacial score (nSPS) is 11.9. The molecular weight excluding hydrogens is 302 g/mol. The van der Waals surface area contributed by atoms with E-state index in [9.17, 15) is 14.7 Å². The Morgan fingerprint density at radius 3 is 2.09 bits per heavy atom. The van der Waals surface area contributed by atoms with Gasteiger partial charge in [0.25, 0.3) is 0 Å². The van der Waals surface area contributed by atoms with Crippen LogP contribution in [-0.2, 0) is 16.0 Å². The molecule has 0 spiro atoms. The van der Waals surface area contributed by atoms with E-state index in [0.717, 1.165) is 0 Å². The Morgan fingerprint density at radius 2 is 1.70 bits per heavy atom. The van der Waals surface area contributed by atoms with Gasteiger partial charge in [0, 0.05) is 0 Å². The minimum atomic E-state index is -1.06. The first-order valence-corrected chi connectivity index (χ1v) is 7.24. The number of ether oxygens (including phenoxy) is 2. The summed E-state index contributed by atoms with van der Waals surface area (Å²) in [5.74, 6) is -1.12. The number of benzene rings is 1. The zero-order valence-corrected chi connectivity index (χ0v) is 13.8. The second kappa shape index (κ2) is 8.26. The summed E-state index contributed by atoms with van der Waals surface area (Å²) in [6.45, 7) is 3.77. The Balaban J connectivity index is 2.86. The second-order valence-electron chi connectivity index (χ2n) is 5.61. The molecule has 7 heteroatoms. The molecule has 1 aromatic rings. The van der Waals surface area contributed by atoms with Crippen molar-refractivity contribution >= 4 is 11.9 Å². The van der Waals surface area contributed by atoms with Gasteiger partial charge < -0.3 is 25.0 Å². The molecule has 23 heavy (non-hydrogen) atoms. The lowest BCUT2D eigenvalue weighted by molar-refractivity contribution is -0.142. The van der Waals surface area contributed by atoms with Crippen molar-refractivity contribution in [3.05, 3.63) is 17.7 Å². The summed E-state index contributed by atoms with van der Waals surface area (Å²) in [5.41, 5.74) is 0.544. The number of amides is 1. The van der Waals surface area contributed by atoms with Crippen LogP contribution in [0.2, 0.25) is 0 Å². The lowest BCUT2D eigenvalue weighted by atomic mass is 10.0. The number of aliphatic carboxylic acids is 1. The number of methoxy groups -OCH3 is 2. The van der Waals surface area contributed by atoms with Crippen molar-refractivity contribution in [2.75, 3.05) is 14.2 Å². The van der Waals surface area contributed by atoms with Crippen LogP contribution in [0.5, 0.6) is 17.2 Å². The smallest absolute Gasteiger partial charge is 0.326 e. The molecule has 1 rings (SSSR count). The van der Waals surface area contributed by atoms with Crippen molar-refractivity contribution in [3.63, 3.8) is 0 Å². The molecule has 128 valence electrons. The first-order valence-electron chi connectivity index (χ1n) is 7.24. The van der Waals surface area contributed by atoms with Crippen molar-refractivity contribution < 1.29 is 29.3 Å². The van der Waals surface area contributed by atoms with Gasteiger partial charge in [0.05, 0.1) is 20.6 Å². The van der Waals surface area contributed by atoms with Gasteiger partial charge in [-0.1, -0.05) is 13.8 Å². The number of aromatic hydroxyl groups is 1. The quantitative estimate of drug-likeness (QED) is 0.670. The van der Waals surface area contributed by atoms with Gasteiger partial charge in [-0.25, -0.2) is 4.79 Å². The molecule has 0 aliphatic carbocycles. The van der Waals surface area contributed by atoms with Crippen LogP contribution in [0.15, 0.2) is 12.1 Å². The van der Waals surface area contributed by atoms with E-state index in [4.69, 9.17) is 14.6 Å². The number of phenolic OH excluding ortho intramolecular Hbond substituents is 1. The second-order valence-corrected chi connectivity index (χ2v) is 5.61. The first kappa shape index (κ1) is 18.6. The number of phenols is 1. The lowest BCUT2D eigenvalue weighted by Crippen LogP contribution is -2.42. The predicted molar refractivity (Wildman–Crippen MR) is 83.9 cm³/mol. The zero-order valence-electron chi connectivity index (χ0n) is 13.8. The Morgan fingerprint density at radius 1 is 1.17 bits per heavy atom. The van der Waals surface area contributed by atoms with E-state index in [2.05, 4.69) is 5.32 Å². The highest BCUT2D eigenvalue weighted by atomic mass is 16.5. The van der Waals surface area contributed by atoms with Crippen LogP contribution in [0.25, 0.3) is 0 Å². The summed E-state index contributed by atoms with van der Waals surface area (Å²) in [5, 5.41) is 21.5. The molecule has 3 N–H and O–H groups in total. The molecule has 7 nitrogen and oxygen atoms in total.